The number of hydrogen-bond donors (Lipinski definition) is 1. The van der Waals surface area contributed by atoms with E-state index >= 15 is 0 Å². The summed E-state index contributed by atoms with van der Waals surface area (Å²) >= 11 is 11.5. The minimum atomic E-state index is -0.728. The number of rotatable bonds is 7. The molecule has 0 saturated carbocycles. The van der Waals surface area contributed by atoms with Crippen molar-refractivity contribution in [2.75, 3.05) is 7.11 Å². The highest BCUT2D eigenvalue weighted by molar-refractivity contribution is 6.39. The Bertz CT molecular complexity index is 687. The minimum absolute atomic E-state index is 0.00939. The van der Waals surface area contributed by atoms with Gasteiger partial charge in [0.25, 0.3) is 5.91 Å². The second-order valence-corrected chi connectivity index (χ2v) is 4.92. The van der Waals surface area contributed by atoms with Crippen LogP contribution in [0.1, 0.15) is 5.56 Å². The van der Waals surface area contributed by atoms with E-state index in [0.717, 1.165) is 0 Å². The maximum atomic E-state index is 13.6. The number of amides is 1. The predicted octanol–water partition coefficient (Wildman–Crippen LogP) is 3.98. The van der Waals surface area contributed by atoms with Crippen LogP contribution in [0.25, 0.3) is 0 Å². The maximum absolute atomic E-state index is 13.6. The van der Waals surface area contributed by atoms with Crippen molar-refractivity contribution in [3.05, 3.63) is 69.0 Å². The summed E-state index contributed by atoms with van der Waals surface area (Å²) < 4.78 is 18.4. The highest BCUT2D eigenvalue weighted by Gasteiger charge is 2.18. The molecule has 1 N–H and O–H groups in total. The third kappa shape index (κ3) is 5.19. The van der Waals surface area contributed by atoms with E-state index in [1.54, 1.807) is 6.07 Å². The zero-order valence-electron chi connectivity index (χ0n) is 12.1. The van der Waals surface area contributed by atoms with Gasteiger partial charge in [-0.15, -0.1) is 4.91 Å². The van der Waals surface area contributed by atoms with Crippen molar-refractivity contribution in [1.29, 1.82) is 0 Å². The first-order valence-electron chi connectivity index (χ1n) is 6.27. The van der Waals surface area contributed by atoms with E-state index < -0.39 is 16.9 Å². The number of carbonyl (C=O) groups is 1. The molecule has 0 unspecified atom stereocenters. The molecule has 122 valence electrons. The van der Waals surface area contributed by atoms with Crippen LogP contribution in [-0.2, 0) is 11.3 Å². The lowest BCUT2D eigenvalue weighted by Gasteiger charge is -2.09. The molecule has 1 aromatic rings. The molecule has 0 saturated heterocycles. The van der Waals surface area contributed by atoms with Crippen molar-refractivity contribution < 1.29 is 13.9 Å². The molecule has 0 heterocycles. The fourth-order valence-corrected chi connectivity index (χ4v) is 2.12. The first kappa shape index (κ1) is 18.9. The number of allylic oxidation sites excluding steroid dienone is 2. The molecule has 0 atom stereocenters. The number of methoxy groups -OCH3 is 1. The Hall–Kier alpha value is -2.18. The Balaban J connectivity index is 2.92. The average molecular weight is 359 g/mol. The van der Waals surface area contributed by atoms with Crippen molar-refractivity contribution >= 4 is 29.1 Å². The maximum Gasteiger partial charge on any atom is 0.256 e. The summed E-state index contributed by atoms with van der Waals surface area (Å²) in [7, 11) is 1.35. The van der Waals surface area contributed by atoms with E-state index in [9.17, 15) is 14.1 Å². The summed E-state index contributed by atoms with van der Waals surface area (Å²) in [6.07, 6.45) is 2.61. The Morgan fingerprint density at radius 2 is 2.17 bits per heavy atom. The van der Waals surface area contributed by atoms with E-state index in [1.165, 1.54) is 31.4 Å². The Morgan fingerprint density at radius 3 is 2.70 bits per heavy atom. The standard InChI is InChI=1S/C15H13Cl2FN2O3/c1-3-4-10(16)13(14(17)20-22)15(21)19-8-9-5-6-12(23-2)11(18)7-9/h3-7H,1,8H2,2H3,(H,19,21)/b10-4+,14-13+. The highest BCUT2D eigenvalue weighted by atomic mass is 35.5. The number of benzene rings is 1. The van der Waals surface area contributed by atoms with Gasteiger partial charge in [0, 0.05) is 6.54 Å². The molecule has 1 amide bonds. The third-order valence-electron chi connectivity index (χ3n) is 2.69. The number of nitroso groups, excluding NO2 is 1. The van der Waals surface area contributed by atoms with Crippen LogP contribution in [0.5, 0.6) is 5.75 Å². The number of ether oxygens (including phenoxy) is 1. The van der Waals surface area contributed by atoms with Crippen LogP contribution in [0.3, 0.4) is 0 Å². The molecule has 0 radical (unpaired) electrons. The molecule has 0 aromatic heterocycles. The predicted molar refractivity (Wildman–Crippen MR) is 87.6 cm³/mol. The lowest BCUT2D eigenvalue weighted by Crippen LogP contribution is -2.25. The number of carbonyl (C=O) groups excluding carboxylic acids is 1. The zero-order valence-corrected chi connectivity index (χ0v) is 13.6. The summed E-state index contributed by atoms with van der Waals surface area (Å²) in [6.45, 7) is 3.42. The van der Waals surface area contributed by atoms with Crippen LogP contribution in [-0.4, -0.2) is 13.0 Å². The second kappa shape index (κ2) is 9.07. The quantitative estimate of drug-likeness (QED) is 0.347. The van der Waals surface area contributed by atoms with Gasteiger partial charge < -0.3 is 10.1 Å². The molecule has 0 aliphatic carbocycles. The Kier molecular flexibility index (Phi) is 7.44. The Morgan fingerprint density at radius 1 is 1.48 bits per heavy atom. The smallest absolute Gasteiger partial charge is 0.256 e. The molecule has 23 heavy (non-hydrogen) atoms. The summed E-state index contributed by atoms with van der Waals surface area (Å²) in [5.74, 6) is -1.20. The topological polar surface area (TPSA) is 67.8 Å². The summed E-state index contributed by atoms with van der Waals surface area (Å²) in [5.41, 5.74) is 0.187. The molecule has 0 spiro atoms. The molecule has 8 heteroatoms. The van der Waals surface area contributed by atoms with Crippen molar-refractivity contribution in [3.63, 3.8) is 0 Å². The fraction of sp³-hybridized carbons (Fsp3) is 0.133. The third-order valence-corrected chi connectivity index (χ3v) is 3.26. The highest BCUT2D eigenvalue weighted by Crippen LogP contribution is 2.23. The van der Waals surface area contributed by atoms with E-state index in [2.05, 4.69) is 17.1 Å². The fourth-order valence-electron chi connectivity index (χ4n) is 1.62. The summed E-state index contributed by atoms with van der Waals surface area (Å²) in [5, 5.41) is 4.29. The van der Waals surface area contributed by atoms with Gasteiger partial charge in [-0.05, 0) is 28.9 Å². The molecule has 1 rings (SSSR count). The zero-order chi connectivity index (χ0) is 17.4. The van der Waals surface area contributed by atoms with E-state index in [1.807, 2.05) is 0 Å². The van der Waals surface area contributed by atoms with Crippen molar-refractivity contribution in [3.8, 4) is 5.75 Å². The monoisotopic (exact) mass is 358 g/mol. The van der Waals surface area contributed by atoms with Gasteiger partial charge in [-0.2, -0.15) is 0 Å². The van der Waals surface area contributed by atoms with Crippen LogP contribution in [0.4, 0.5) is 4.39 Å². The molecular weight excluding hydrogens is 346 g/mol. The van der Waals surface area contributed by atoms with Gasteiger partial charge >= 0.3 is 0 Å². The lowest BCUT2D eigenvalue weighted by atomic mass is 10.2. The van der Waals surface area contributed by atoms with Crippen molar-refractivity contribution in [1.82, 2.24) is 5.32 Å². The lowest BCUT2D eigenvalue weighted by molar-refractivity contribution is -0.117. The van der Waals surface area contributed by atoms with Gasteiger partial charge in [-0.3, -0.25) is 4.79 Å². The van der Waals surface area contributed by atoms with Crippen LogP contribution in [0.2, 0.25) is 0 Å². The minimum Gasteiger partial charge on any atom is -0.494 e. The van der Waals surface area contributed by atoms with E-state index in [4.69, 9.17) is 27.9 Å². The molecule has 0 bridgehead atoms. The number of halogens is 3. The van der Waals surface area contributed by atoms with Crippen molar-refractivity contribution in [2.24, 2.45) is 5.18 Å². The van der Waals surface area contributed by atoms with Gasteiger partial charge in [-0.1, -0.05) is 41.9 Å². The van der Waals surface area contributed by atoms with Gasteiger partial charge in [-0.25, -0.2) is 4.39 Å². The second-order valence-electron chi connectivity index (χ2n) is 4.16. The number of nitrogens with zero attached hydrogens (tertiary/aromatic N) is 1. The molecule has 0 aliphatic heterocycles. The molecule has 5 nitrogen and oxygen atoms in total. The van der Waals surface area contributed by atoms with Crippen LogP contribution >= 0.6 is 23.2 Å². The SMILES string of the molecule is C=C/C=C(Cl)\C(C(=O)NCc1ccc(OC)c(F)c1)=C(\Cl)N=O. The van der Waals surface area contributed by atoms with Crippen LogP contribution in [0.15, 0.2) is 57.9 Å². The normalized spacial score (nSPS) is 12.3. The van der Waals surface area contributed by atoms with Gasteiger partial charge in [0.15, 0.2) is 16.7 Å². The van der Waals surface area contributed by atoms with Gasteiger partial charge in [0.1, 0.15) is 0 Å². The number of hydrogen-bond acceptors (Lipinski definition) is 4. The molecule has 0 fully saturated rings. The Labute approximate surface area is 142 Å². The van der Waals surface area contributed by atoms with Crippen LogP contribution < -0.4 is 10.1 Å². The summed E-state index contributed by atoms with van der Waals surface area (Å²) in [4.78, 5) is 22.7. The van der Waals surface area contributed by atoms with Crippen LogP contribution in [0, 0.1) is 10.7 Å². The van der Waals surface area contributed by atoms with E-state index in [0.29, 0.717) is 5.56 Å². The molecule has 1 aromatic carbocycles. The van der Waals surface area contributed by atoms with E-state index in [-0.39, 0.29) is 22.9 Å². The first-order chi connectivity index (χ1) is 10.9. The van der Waals surface area contributed by atoms with Crippen molar-refractivity contribution in [2.45, 2.75) is 6.54 Å². The number of nitrogens with one attached hydrogen (secondary N) is 1. The largest absolute Gasteiger partial charge is 0.494 e. The van der Waals surface area contributed by atoms with Gasteiger partial charge in [0.2, 0.25) is 0 Å². The van der Waals surface area contributed by atoms with Gasteiger partial charge in [0.05, 0.1) is 17.7 Å². The summed E-state index contributed by atoms with van der Waals surface area (Å²) in [6, 6.07) is 4.22. The molecular formula is C15H13Cl2FN2O3. The first-order valence-corrected chi connectivity index (χ1v) is 7.02. The average Bonchev–Trinajstić information content (AvgIpc) is 2.53. The molecule has 0 aliphatic rings.